The third-order valence-electron chi connectivity index (χ3n) is 2.00. The quantitative estimate of drug-likeness (QED) is 0.471. The summed E-state index contributed by atoms with van der Waals surface area (Å²) in [7, 11) is 0. The van der Waals surface area contributed by atoms with E-state index in [4.69, 9.17) is 0 Å². The van der Waals surface area contributed by atoms with Crippen LogP contribution in [0.5, 0.6) is 0 Å². The second-order valence-corrected chi connectivity index (χ2v) is 4.09. The Balaban J connectivity index is 3.57. The van der Waals surface area contributed by atoms with E-state index < -0.39 is 40.0 Å². The number of carbonyl (C=O) groups is 1. The Bertz CT molecular complexity index is 490. The Hall–Kier alpha value is -1.25. The van der Waals surface area contributed by atoms with Crippen LogP contribution in [0.3, 0.4) is 0 Å². The van der Waals surface area contributed by atoms with E-state index in [2.05, 4.69) is 25.7 Å². The van der Waals surface area contributed by atoms with Gasteiger partial charge in [0.15, 0.2) is 5.69 Å². The number of hydrogen-bond donors (Lipinski definition) is 0. The summed E-state index contributed by atoms with van der Waals surface area (Å²) in [6, 6.07) is 0.659. The fraction of sp³-hybridized carbons (Fsp3) is 0.400. The van der Waals surface area contributed by atoms with E-state index in [1.165, 1.54) is 6.92 Å². The smallest absolute Gasteiger partial charge is 0.434 e. The van der Waals surface area contributed by atoms with Gasteiger partial charge in [-0.25, -0.2) is 18.6 Å². The number of nitrogens with zero attached hydrogens (tertiary/aromatic N) is 1. The van der Waals surface area contributed by atoms with Crippen molar-refractivity contribution in [3.63, 3.8) is 0 Å². The molecule has 1 rings (SSSR count). The second-order valence-electron chi connectivity index (χ2n) is 3.28. The Kier molecular flexibility index (Phi) is 4.83. The largest absolute Gasteiger partial charge is 0.462 e. The molecule has 0 saturated heterocycles. The van der Waals surface area contributed by atoms with Crippen LogP contribution < -0.4 is 0 Å². The molecule has 0 unspecified atom stereocenters. The van der Waals surface area contributed by atoms with E-state index in [1.54, 1.807) is 0 Å². The van der Waals surface area contributed by atoms with E-state index in [9.17, 15) is 26.7 Å². The molecule has 0 aliphatic heterocycles. The number of ether oxygens (including phenoxy) is 1. The summed E-state index contributed by atoms with van der Waals surface area (Å²) in [6.45, 7) is 1.11. The lowest BCUT2D eigenvalue weighted by Crippen LogP contribution is -2.20. The van der Waals surface area contributed by atoms with E-state index in [0.717, 1.165) is 0 Å². The van der Waals surface area contributed by atoms with E-state index >= 15 is 0 Å². The highest BCUT2D eigenvalue weighted by Crippen LogP contribution is 2.36. The Morgan fingerprint density at radius 1 is 1.47 bits per heavy atom. The van der Waals surface area contributed by atoms with Gasteiger partial charge in [0.2, 0.25) is 0 Å². The second kappa shape index (κ2) is 5.81. The van der Waals surface area contributed by atoms with Gasteiger partial charge in [0, 0.05) is 5.56 Å². The number of pyridine rings is 1. The first-order valence-electron chi connectivity index (χ1n) is 4.91. The molecule has 0 radical (unpaired) electrons. The minimum Gasteiger partial charge on any atom is -0.462 e. The molecule has 0 aliphatic rings. The monoisotopic (exact) mass is 347 g/mol. The summed E-state index contributed by atoms with van der Waals surface area (Å²) in [4.78, 5) is 14.5. The Labute approximate surface area is 112 Å². The zero-order chi connectivity index (χ0) is 14.8. The van der Waals surface area contributed by atoms with Gasteiger partial charge in [-0.1, -0.05) is 0 Å². The van der Waals surface area contributed by atoms with Crippen LogP contribution in [-0.2, 0) is 10.9 Å². The van der Waals surface area contributed by atoms with Crippen molar-refractivity contribution in [2.24, 2.45) is 0 Å². The van der Waals surface area contributed by atoms with Gasteiger partial charge in [-0.05, 0) is 28.9 Å². The predicted molar refractivity (Wildman–Crippen MR) is 57.9 cm³/mol. The molecule has 106 valence electrons. The molecule has 0 aromatic carbocycles. The van der Waals surface area contributed by atoms with Crippen molar-refractivity contribution in [2.75, 3.05) is 6.61 Å². The molecule has 0 aliphatic carbocycles. The van der Waals surface area contributed by atoms with Gasteiger partial charge in [-0.15, -0.1) is 0 Å². The van der Waals surface area contributed by atoms with Gasteiger partial charge < -0.3 is 4.74 Å². The summed E-state index contributed by atoms with van der Waals surface area (Å²) in [5, 5.41) is 0. The number of aromatic nitrogens is 1. The number of hydrogen-bond acceptors (Lipinski definition) is 3. The summed E-state index contributed by atoms with van der Waals surface area (Å²) < 4.78 is 67.6. The third kappa shape index (κ3) is 3.62. The maximum Gasteiger partial charge on any atom is 0.434 e. The maximum absolute atomic E-state index is 12.8. The third-order valence-corrected chi connectivity index (χ3v) is 2.41. The molecule has 19 heavy (non-hydrogen) atoms. The number of rotatable bonds is 3. The van der Waals surface area contributed by atoms with Crippen LogP contribution in [0.15, 0.2) is 10.7 Å². The Morgan fingerprint density at radius 3 is 2.47 bits per heavy atom. The molecule has 1 heterocycles. The topological polar surface area (TPSA) is 39.2 Å². The van der Waals surface area contributed by atoms with Crippen molar-refractivity contribution >= 4 is 21.9 Å². The first-order valence-corrected chi connectivity index (χ1v) is 5.70. The highest BCUT2D eigenvalue weighted by molar-refractivity contribution is 9.10. The van der Waals surface area contributed by atoms with Gasteiger partial charge >= 0.3 is 12.1 Å². The number of alkyl halides is 5. The standard InChI is InChI=1S/C10H7BrF5NO2/c1-2-19-9(18)6-4(8(12)13)3-5(11)17-7(6)10(14,15)16/h3,8H,2H2,1H3. The van der Waals surface area contributed by atoms with Gasteiger partial charge in [-0.2, -0.15) is 13.2 Å². The lowest BCUT2D eigenvalue weighted by atomic mass is 10.1. The number of carbonyl (C=O) groups excluding carboxylic acids is 1. The normalized spacial score (nSPS) is 11.8. The van der Waals surface area contributed by atoms with Crippen molar-refractivity contribution in [3.05, 3.63) is 27.5 Å². The predicted octanol–water partition coefficient (Wildman–Crippen LogP) is 3.98. The molecule has 0 saturated carbocycles. The van der Waals surface area contributed by atoms with Gasteiger partial charge in [0.05, 0.1) is 12.2 Å². The minimum absolute atomic E-state index is 0.241. The van der Waals surface area contributed by atoms with E-state index in [-0.39, 0.29) is 6.61 Å². The fourth-order valence-corrected chi connectivity index (χ4v) is 1.75. The van der Waals surface area contributed by atoms with Gasteiger partial charge in [0.25, 0.3) is 6.43 Å². The molecule has 0 N–H and O–H groups in total. The molecule has 3 nitrogen and oxygen atoms in total. The van der Waals surface area contributed by atoms with Crippen LogP contribution >= 0.6 is 15.9 Å². The molecule has 0 spiro atoms. The first kappa shape index (κ1) is 15.8. The molecule has 1 aromatic heterocycles. The number of esters is 1. The zero-order valence-electron chi connectivity index (χ0n) is 9.39. The molecular weight excluding hydrogens is 341 g/mol. The molecule has 1 aromatic rings. The van der Waals surface area contributed by atoms with Crippen LogP contribution in [0.2, 0.25) is 0 Å². The minimum atomic E-state index is -5.05. The fourth-order valence-electron chi connectivity index (χ4n) is 1.33. The average molecular weight is 348 g/mol. The van der Waals surface area contributed by atoms with Crippen molar-refractivity contribution in [1.82, 2.24) is 4.98 Å². The van der Waals surface area contributed by atoms with Gasteiger partial charge in [0.1, 0.15) is 4.60 Å². The highest BCUT2D eigenvalue weighted by Gasteiger charge is 2.40. The Morgan fingerprint density at radius 2 is 2.05 bits per heavy atom. The maximum atomic E-state index is 12.8. The van der Waals surface area contributed by atoms with E-state index in [0.29, 0.717) is 6.07 Å². The number of halogens is 6. The van der Waals surface area contributed by atoms with Crippen molar-refractivity contribution < 1.29 is 31.5 Å². The van der Waals surface area contributed by atoms with Crippen molar-refractivity contribution in [1.29, 1.82) is 0 Å². The van der Waals surface area contributed by atoms with Crippen LogP contribution in [0.1, 0.15) is 35.0 Å². The van der Waals surface area contributed by atoms with E-state index in [1.807, 2.05) is 0 Å². The summed E-state index contributed by atoms with van der Waals surface area (Å²) in [5.41, 5.74) is -4.03. The summed E-state index contributed by atoms with van der Waals surface area (Å²) in [5.74, 6) is -1.48. The van der Waals surface area contributed by atoms with Crippen molar-refractivity contribution in [3.8, 4) is 0 Å². The van der Waals surface area contributed by atoms with Crippen LogP contribution in [0.4, 0.5) is 22.0 Å². The molecule has 0 bridgehead atoms. The molecule has 0 atom stereocenters. The zero-order valence-corrected chi connectivity index (χ0v) is 11.0. The molecule has 0 fully saturated rings. The highest BCUT2D eigenvalue weighted by atomic mass is 79.9. The molecular formula is C10H7BrF5NO2. The summed E-state index contributed by atoms with van der Waals surface area (Å²) in [6.07, 6.45) is -8.31. The lowest BCUT2D eigenvalue weighted by molar-refractivity contribution is -0.142. The molecule has 0 amide bonds. The SMILES string of the molecule is CCOC(=O)c1c(C(F)F)cc(Br)nc1C(F)(F)F. The average Bonchev–Trinajstić information content (AvgIpc) is 2.26. The van der Waals surface area contributed by atoms with Crippen LogP contribution in [-0.4, -0.2) is 17.6 Å². The van der Waals surface area contributed by atoms with Gasteiger partial charge in [-0.3, -0.25) is 0 Å². The van der Waals surface area contributed by atoms with Crippen LogP contribution in [0, 0.1) is 0 Å². The first-order chi connectivity index (χ1) is 8.68. The molecule has 9 heteroatoms. The summed E-state index contributed by atoms with van der Waals surface area (Å²) >= 11 is 2.60. The van der Waals surface area contributed by atoms with Crippen LogP contribution in [0.25, 0.3) is 0 Å². The lowest BCUT2D eigenvalue weighted by Gasteiger charge is -2.15. The van der Waals surface area contributed by atoms with Crippen molar-refractivity contribution in [2.45, 2.75) is 19.5 Å².